The minimum atomic E-state index is -0.650. The highest BCUT2D eigenvalue weighted by atomic mass is 32.1. The van der Waals surface area contributed by atoms with Crippen LogP contribution < -0.4 is 10.6 Å². The lowest BCUT2D eigenvalue weighted by atomic mass is 9.75. The first kappa shape index (κ1) is 23.0. The number of rotatable bonds is 9. The van der Waals surface area contributed by atoms with Crippen molar-refractivity contribution in [2.24, 2.45) is 0 Å². The molecule has 3 N–H and O–H groups in total. The Balaban J connectivity index is 1.75. The highest BCUT2D eigenvalue weighted by Crippen LogP contribution is 2.38. The van der Waals surface area contributed by atoms with Gasteiger partial charge in [-0.2, -0.15) is 0 Å². The SMILES string of the molecule is CC(=O)N[C@@H](Cc1cccs1)[C@@H](O)CNC1(c2cccc(C(C)C)c2)CCCCC1. The molecular formula is C25H36N2O2S. The molecule has 164 valence electrons. The van der Waals surface area contributed by atoms with Crippen LogP contribution >= 0.6 is 11.3 Å². The van der Waals surface area contributed by atoms with Gasteiger partial charge in [-0.3, -0.25) is 4.79 Å². The quantitative estimate of drug-likeness (QED) is 0.541. The summed E-state index contributed by atoms with van der Waals surface area (Å²) in [5.41, 5.74) is 2.58. The normalized spacial score (nSPS) is 18.2. The zero-order valence-corrected chi connectivity index (χ0v) is 19.3. The van der Waals surface area contributed by atoms with Crippen molar-refractivity contribution < 1.29 is 9.90 Å². The number of carbonyl (C=O) groups excluding carboxylic acids is 1. The molecule has 1 saturated carbocycles. The van der Waals surface area contributed by atoms with Crippen LogP contribution in [-0.2, 0) is 16.8 Å². The van der Waals surface area contributed by atoms with Gasteiger partial charge in [-0.05, 0) is 41.3 Å². The van der Waals surface area contributed by atoms with Crippen LogP contribution in [0.5, 0.6) is 0 Å². The third kappa shape index (κ3) is 5.93. The lowest BCUT2D eigenvalue weighted by Gasteiger charge is -2.40. The number of aliphatic hydroxyl groups excluding tert-OH is 1. The lowest BCUT2D eigenvalue weighted by Crippen LogP contribution is -2.53. The standard InChI is InChI=1S/C25H36N2O2S/c1-18(2)20-9-7-10-21(15-20)25(12-5-4-6-13-25)26-17-24(29)23(27-19(3)28)16-22-11-8-14-30-22/h7-11,14-15,18,23-24,26,29H,4-6,12-13,16-17H2,1-3H3,(H,27,28)/t23-,24-/m0/s1. The summed E-state index contributed by atoms with van der Waals surface area (Å²) in [5.74, 6) is 0.388. The molecule has 1 fully saturated rings. The molecule has 0 unspecified atom stereocenters. The van der Waals surface area contributed by atoms with Crippen molar-refractivity contribution in [1.82, 2.24) is 10.6 Å². The third-order valence-corrected chi connectivity index (χ3v) is 7.22. The molecule has 0 saturated heterocycles. The zero-order chi connectivity index (χ0) is 21.6. The van der Waals surface area contributed by atoms with Gasteiger partial charge < -0.3 is 15.7 Å². The van der Waals surface area contributed by atoms with E-state index in [1.54, 1.807) is 11.3 Å². The summed E-state index contributed by atoms with van der Waals surface area (Å²) in [4.78, 5) is 12.9. The van der Waals surface area contributed by atoms with Gasteiger partial charge >= 0.3 is 0 Å². The Kier molecular flexibility index (Phi) is 8.09. The van der Waals surface area contributed by atoms with Gasteiger partial charge in [0, 0.05) is 30.3 Å². The smallest absolute Gasteiger partial charge is 0.217 e. The number of benzene rings is 1. The van der Waals surface area contributed by atoms with Crippen LogP contribution in [0.4, 0.5) is 0 Å². The van der Waals surface area contributed by atoms with Gasteiger partial charge in [0.05, 0.1) is 12.1 Å². The average molecular weight is 429 g/mol. The van der Waals surface area contributed by atoms with E-state index >= 15 is 0 Å². The predicted molar refractivity (Wildman–Crippen MR) is 125 cm³/mol. The fourth-order valence-electron chi connectivity index (χ4n) is 4.55. The van der Waals surface area contributed by atoms with Gasteiger partial charge in [0.15, 0.2) is 0 Å². The molecule has 1 aliphatic carbocycles. The van der Waals surface area contributed by atoms with Crippen molar-refractivity contribution in [1.29, 1.82) is 0 Å². The molecule has 1 heterocycles. The van der Waals surface area contributed by atoms with Crippen LogP contribution in [0.3, 0.4) is 0 Å². The summed E-state index contributed by atoms with van der Waals surface area (Å²) < 4.78 is 0. The second-order valence-electron chi connectivity index (χ2n) is 8.96. The van der Waals surface area contributed by atoms with Crippen molar-refractivity contribution in [2.75, 3.05) is 6.54 Å². The summed E-state index contributed by atoms with van der Waals surface area (Å²) in [6.45, 7) is 6.43. The summed E-state index contributed by atoms with van der Waals surface area (Å²) in [5, 5.41) is 19.8. The Labute approximate surface area is 185 Å². The predicted octanol–water partition coefficient (Wildman–Crippen LogP) is 4.73. The van der Waals surface area contributed by atoms with E-state index in [0.29, 0.717) is 18.9 Å². The highest BCUT2D eigenvalue weighted by molar-refractivity contribution is 7.09. The van der Waals surface area contributed by atoms with Gasteiger partial charge in [-0.15, -0.1) is 11.3 Å². The van der Waals surface area contributed by atoms with Crippen molar-refractivity contribution in [2.45, 2.75) is 82.9 Å². The molecule has 0 spiro atoms. The van der Waals surface area contributed by atoms with E-state index in [1.165, 1.54) is 42.2 Å². The zero-order valence-electron chi connectivity index (χ0n) is 18.5. The fourth-order valence-corrected chi connectivity index (χ4v) is 5.32. The number of amides is 1. The topological polar surface area (TPSA) is 61.4 Å². The monoisotopic (exact) mass is 428 g/mol. The van der Waals surface area contributed by atoms with E-state index in [2.05, 4.69) is 54.8 Å². The van der Waals surface area contributed by atoms with E-state index in [4.69, 9.17) is 0 Å². The van der Waals surface area contributed by atoms with Crippen LogP contribution in [0.25, 0.3) is 0 Å². The van der Waals surface area contributed by atoms with E-state index < -0.39 is 6.10 Å². The number of aliphatic hydroxyl groups is 1. The summed E-state index contributed by atoms with van der Waals surface area (Å²) in [6, 6.07) is 12.7. The van der Waals surface area contributed by atoms with Crippen LogP contribution in [0.2, 0.25) is 0 Å². The second kappa shape index (κ2) is 10.6. The van der Waals surface area contributed by atoms with Crippen LogP contribution in [0, 0.1) is 0 Å². The number of hydrogen-bond acceptors (Lipinski definition) is 4. The first-order valence-electron chi connectivity index (χ1n) is 11.2. The molecule has 0 radical (unpaired) electrons. The minimum absolute atomic E-state index is 0.103. The third-order valence-electron chi connectivity index (χ3n) is 6.32. The first-order chi connectivity index (χ1) is 14.4. The average Bonchev–Trinajstić information content (AvgIpc) is 3.25. The molecule has 0 aliphatic heterocycles. The number of hydrogen-bond donors (Lipinski definition) is 3. The molecule has 4 nitrogen and oxygen atoms in total. The Morgan fingerprint density at radius 3 is 2.57 bits per heavy atom. The number of carbonyl (C=O) groups is 1. The van der Waals surface area contributed by atoms with E-state index in [1.807, 2.05) is 11.4 Å². The van der Waals surface area contributed by atoms with Crippen molar-refractivity contribution in [3.63, 3.8) is 0 Å². The van der Waals surface area contributed by atoms with Gasteiger partial charge in [0.1, 0.15) is 0 Å². The Bertz CT molecular complexity index is 797. The number of nitrogens with one attached hydrogen (secondary N) is 2. The first-order valence-corrected chi connectivity index (χ1v) is 12.1. The molecule has 1 aromatic carbocycles. The van der Waals surface area contributed by atoms with E-state index in [0.717, 1.165) is 12.8 Å². The largest absolute Gasteiger partial charge is 0.390 e. The maximum absolute atomic E-state index is 11.7. The van der Waals surface area contributed by atoms with Crippen molar-refractivity contribution >= 4 is 17.2 Å². The minimum Gasteiger partial charge on any atom is -0.390 e. The van der Waals surface area contributed by atoms with Crippen LogP contribution in [0.15, 0.2) is 41.8 Å². The maximum Gasteiger partial charge on any atom is 0.217 e. The molecule has 2 atom stereocenters. The summed E-state index contributed by atoms with van der Waals surface area (Å²) >= 11 is 1.66. The molecule has 3 rings (SSSR count). The Morgan fingerprint density at radius 2 is 1.93 bits per heavy atom. The lowest BCUT2D eigenvalue weighted by molar-refractivity contribution is -0.120. The van der Waals surface area contributed by atoms with Crippen molar-refractivity contribution in [3.8, 4) is 0 Å². The van der Waals surface area contributed by atoms with Gasteiger partial charge in [-0.1, -0.05) is 63.4 Å². The Hall–Kier alpha value is -1.69. The molecular weight excluding hydrogens is 392 g/mol. The molecule has 0 bridgehead atoms. The molecule has 5 heteroatoms. The summed E-state index contributed by atoms with van der Waals surface area (Å²) in [6.07, 6.45) is 5.81. The second-order valence-corrected chi connectivity index (χ2v) is 9.99. The maximum atomic E-state index is 11.7. The molecule has 1 aliphatic rings. The van der Waals surface area contributed by atoms with Crippen LogP contribution in [0.1, 0.15) is 74.8 Å². The highest BCUT2D eigenvalue weighted by Gasteiger charge is 2.35. The number of thiophene rings is 1. The molecule has 1 amide bonds. The van der Waals surface area contributed by atoms with Gasteiger partial charge in [0.25, 0.3) is 0 Å². The Morgan fingerprint density at radius 1 is 1.17 bits per heavy atom. The van der Waals surface area contributed by atoms with Gasteiger partial charge in [0.2, 0.25) is 5.91 Å². The van der Waals surface area contributed by atoms with Crippen LogP contribution in [-0.4, -0.2) is 29.7 Å². The fraction of sp³-hybridized carbons (Fsp3) is 0.560. The summed E-state index contributed by atoms with van der Waals surface area (Å²) in [7, 11) is 0. The van der Waals surface area contributed by atoms with E-state index in [9.17, 15) is 9.90 Å². The molecule has 30 heavy (non-hydrogen) atoms. The van der Waals surface area contributed by atoms with Crippen molar-refractivity contribution in [3.05, 3.63) is 57.8 Å². The molecule has 2 aromatic rings. The van der Waals surface area contributed by atoms with E-state index in [-0.39, 0.29) is 17.5 Å². The van der Waals surface area contributed by atoms with Gasteiger partial charge in [-0.25, -0.2) is 0 Å². The molecule has 1 aromatic heterocycles.